The van der Waals surface area contributed by atoms with Crippen LogP contribution in [0.15, 0.2) is 24.3 Å². The van der Waals surface area contributed by atoms with Crippen molar-refractivity contribution in [3.05, 3.63) is 29.8 Å². The van der Waals surface area contributed by atoms with E-state index < -0.39 is 9.84 Å². The van der Waals surface area contributed by atoms with Gasteiger partial charge in [-0.05, 0) is 44.7 Å². The van der Waals surface area contributed by atoms with Crippen molar-refractivity contribution in [2.45, 2.75) is 32.6 Å². The number of aryl methyl sites for hydroxylation is 1. The molecule has 0 aromatic heterocycles. The summed E-state index contributed by atoms with van der Waals surface area (Å²) in [4.78, 5) is 14.6. The maximum absolute atomic E-state index is 12.7. The molecule has 2 heterocycles. The Bertz CT molecular complexity index is 685. The average molecular weight is 365 g/mol. The number of amides is 1. The van der Waals surface area contributed by atoms with Crippen LogP contribution in [0.1, 0.15) is 31.2 Å². The fourth-order valence-corrected chi connectivity index (χ4v) is 5.14. The minimum absolute atomic E-state index is 0.125. The number of nitrogens with zero attached hydrogens (tertiary/aromatic N) is 1. The molecule has 6 heteroatoms. The van der Waals surface area contributed by atoms with Crippen molar-refractivity contribution in [2.75, 3.05) is 31.2 Å². The first kappa shape index (κ1) is 18.2. The van der Waals surface area contributed by atoms with Gasteiger partial charge < -0.3 is 9.64 Å². The van der Waals surface area contributed by atoms with Gasteiger partial charge in [-0.15, -0.1) is 0 Å². The Kier molecular flexibility index (Phi) is 5.67. The summed E-state index contributed by atoms with van der Waals surface area (Å²) in [6, 6.07) is 8.01. The molecular formula is C19H27NO4S. The van der Waals surface area contributed by atoms with Gasteiger partial charge in [-0.2, -0.15) is 0 Å². The highest BCUT2D eigenvalue weighted by atomic mass is 32.2. The number of rotatable bonds is 4. The molecule has 0 N–H and O–H groups in total. The Morgan fingerprint density at radius 1 is 1.16 bits per heavy atom. The molecule has 3 rings (SSSR count). The van der Waals surface area contributed by atoms with Crippen LogP contribution in [0.5, 0.6) is 5.75 Å². The van der Waals surface area contributed by atoms with Crippen LogP contribution in [0.3, 0.4) is 0 Å². The molecule has 0 spiro atoms. The second kappa shape index (κ2) is 7.77. The van der Waals surface area contributed by atoms with Crippen molar-refractivity contribution in [2.24, 2.45) is 11.8 Å². The molecule has 0 aliphatic carbocycles. The van der Waals surface area contributed by atoms with E-state index in [1.54, 1.807) is 0 Å². The molecule has 2 aliphatic heterocycles. The summed E-state index contributed by atoms with van der Waals surface area (Å²) >= 11 is 0. The quantitative estimate of drug-likeness (QED) is 0.822. The van der Waals surface area contributed by atoms with E-state index in [9.17, 15) is 13.2 Å². The lowest BCUT2D eigenvalue weighted by atomic mass is 9.95. The molecule has 25 heavy (non-hydrogen) atoms. The third-order valence-corrected chi connectivity index (χ3v) is 6.96. The molecule has 0 bridgehead atoms. The van der Waals surface area contributed by atoms with Gasteiger partial charge in [0.2, 0.25) is 5.91 Å². The predicted molar refractivity (Wildman–Crippen MR) is 97.4 cm³/mol. The van der Waals surface area contributed by atoms with Gasteiger partial charge in [0.25, 0.3) is 0 Å². The normalized spacial score (nSPS) is 24.0. The third kappa shape index (κ3) is 4.97. The second-order valence-corrected chi connectivity index (χ2v) is 9.65. The van der Waals surface area contributed by atoms with Gasteiger partial charge in [0.15, 0.2) is 0 Å². The molecule has 1 atom stereocenters. The fourth-order valence-electron chi connectivity index (χ4n) is 3.65. The molecule has 1 amide bonds. The Labute approximate surface area is 150 Å². The van der Waals surface area contributed by atoms with Crippen LogP contribution >= 0.6 is 0 Å². The number of hydrogen-bond donors (Lipinski definition) is 0. The van der Waals surface area contributed by atoms with Crippen molar-refractivity contribution in [1.29, 1.82) is 0 Å². The van der Waals surface area contributed by atoms with E-state index in [4.69, 9.17) is 4.74 Å². The highest BCUT2D eigenvalue weighted by Crippen LogP contribution is 2.25. The summed E-state index contributed by atoms with van der Waals surface area (Å²) < 4.78 is 29.0. The van der Waals surface area contributed by atoms with Crippen molar-refractivity contribution in [3.63, 3.8) is 0 Å². The Hall–Kier alpha value is -1.56. The molecule has 0 unspecified atom stereocenters. The van der Waals surface area contributed by atoms with Crippen LogP contribution in [0.2, 0.25) is 0 Å². The van der Waals surface area contributed by atoms with E-state index in [1.807, 2.05) is 36.1 Å². The number of ether oxygens (including phenoxy) is 1. The number of hydrogen-bond acceptors (Lipinski definition) is 4. The van der Waals surface area contributed by atoms with Gasteiger partial charge in [0, 0.05) is 24.9 Å². The number of piperidine rings is 1. The van der Waals surface area contributed by atoms with Crippen molar-refractivity contribution >= 4 is 15.7 Å². The number of benzene rings is 1. The topological polar surface area (TPSA) is 63.7 Å². The van der Waals surface area contributed by atoms with Gasteiger partial charge in [-0.3, -0.25) is 4.79 Å². The Morgan fingerprint density at radius 2 is 1.84 bits per heavy atom. The van der Waals surface area contributed by atoms with E-state index in [0.717, 1.165) is 25.1 Å². The van der Waals surface area contributed by atoms with Gasteiger partial charge in [0.05, 0.1) is 18.1 Å². The summed E-state index contributed by atoms with van der Waals surface area (Å²) in [5.41, 5.74) is 1.20. The molecule has 0 saturated carbocycles. The van der Waals surface area contributed by atoms with E-state index >= 15 is 0 Å². The van der Waals surface area contributed by atoms with Crippen LogP contribution < -0.4 is 4.74 Å². The molecule has 5 nitrogen and oxygen atoms in total. The second-order valence-electron chi connectivity index (χ2n) is 7.34. The van der Waals surface area contributed by atoms with E-state index in [2.05, 4.69) is 0 Å². The zero-order chi connectivity index (χ0) is 17.9. The van der Waals surface area contributed by atoms with Gasteiger partial charge in [-0.1, -0.05) is 17.7 Å². The first-order valence-electron chi connectivity index (χ1n) is 9.11. The minimum atomic E-state index is -2.92. The number of carbonyl (C=O) groups excluding carboxylic acids is 1. The average Bonchev–Trinajstić information content (AvgIpc) is 2.61. The van der Waals surface area contributed by atoms with Gasteiger partial charge in [0.1, 0.15) is 15.6 Å². The zero-order valence-electron chi connectivity index (χ0n) is 14.8. The van der Waals surface area contributed by atoms with Crippen LogP contribution in [0.25, 0.3) is 0 Å². The standard InChI is InChI=1S/C19H27NO4S/c1-15-4-6-18(7-5-15)24-14-16-3-2-10-20(13-16)19(21)17-8-11-25(22,23)12-9-17/h4-7,16-17H,2-3,8-14H2,1H3/t16-/m0/s1. The van der Waals surface area contributed by atoms with Crippen molar-refractivity contribution in [3.8, 4) is 5.75 Å². The lowest BCUT2D eigenvalue weighted by Crippen LogP contribution is -2.45. The summed E-state index contributed by atoms with van der Waals surface area (Å²) in [6.07, 6.45) is 3.00. The first-order chi connectivity index (χ1) is 11.9. The zero-order valence-corrected chi connectivity index (χ0v) is 15.6. The van der Waals surface area contributed by atoms with Crippen molar-refractivity contribution < 1.29 is 17.9 Å². The van der Waals surface area contributed by atoms with Gasteiger partial charge >= 0.3 is 0 Å². The number of carbonyl (C=O) groups is 1. The summed E-state index contributed by atoms with van der Waals surface area (Å²) in [5.74, 6) is 1.52. The van der Waals surface area contributed by atoms with Crippen LogP contribution in [0, 0.1) is 18.8 Å². The summed E-state index contributed by atoms with van der Waals surface area (Å²) in [7, 11) is -2.92. The van der Waals surface area contributed by atoms with Crippen molar-refractivity contribution in [1.82, 2.24) is 4.90 Å². The highest BCUT2D eigenvalue weighted by molar-refractivity contribution is 7.91. The number of sulfone groups is 1. The maximum Gasteiger partial charge on any atom is 0.225 e. The lowest BCUT2D eigenvalue weighted by Gasteiger charge is -2.35. The fraction of sp³-hybridized carbons (Fsp3) is 0.632. The van der Waals surface area contributed by atoms with E-state index in [0.29, 0.717) is 31.9 Å². The monoisotopic (exact) mass is 365 g/mol. The van der Waals surface area contributed by atoms with Crippen LogP contribution in [-0.2, 0) is 14.6 Å². The number of likely N-dealkylation sites (tertiary alicyclic amines) is 1. The molecular weight excluding hydrogens is 338 g/mol. The highest BCUT2D eigenvalue weighted by Gasteiger charge is 2.33. The molecule has 2 aliphatic rings. The predicted octanol–water partition coefficient (Wildman–Crippen LogP) is 2.44. The summed E-state index contributed by atoms with van der Waals surface area (Å²) in [5, 5.41) is 0. The Morgan fingerprint density at radius 3 is 2.52 bits per heavy atom. The third-order valence-electron chi connectivity index (χ3n) is 5.24. The largest absolute Gasteiger partial charge is 0.493 e. The smallest absolute Gasteiger partial charge is 0.225 e. The molecule has 0 radical (unpaired) electrons. The molecule has 2 saturated heterocycles. The maximum atomic E-state index is 12.7. The molecule has 1 aromatic carbocycles. The Balaban J connectivity index is 1.50. The minimum Gasteiger partial charge on any atom is -0.493 e. The van der Waals surface area contributed by atoms with Gasteiger partial charge in [-0.25, -0.2) is 8.42 Å². The van der Waals surface area contributed by atoms with Crippen LogP contribution in [0.4, 0.5) is 0 Å². The molecule has 1 aromatic rings. The van der Waals surface area contributed by atoms with Crippen LogP contribution in [-0.4, -0.2) is 50.4 Å². The summed E-state index contributed by atoms with van der Waals surface area (Å²) in [6.45, 7) is 4.16. The molecule has 2 fully saturated rings. The van der Waals surface area contributed by atoms with E-state index in [1.165, 1.54) is 5.56 Å². The SMILES string of the molecule is Cc1ccc(OC[C@H]2CCCN(C(=O)C3CCS(=O)(=O)CC3)C2)cc1. The first-order valence-corrected chi connectivity index (χ1v) is 10.9. The molecule has 138 valence electrons. The lowest BCUT2D eigenvalue weighted by molar-refractivity contribution is -0.137. The van der Waals surface area contributed by atoms with E-state index in [-0.39, 0.29) is 23.3 Å².